The molecule has 4 nitrogen and oxygen atoms in total. The minimum Gasteiger partial charge on any atom is -0.493 e. The van der Waals surface area contributed by atoms with Gasteiger partial charge in [-0.25, -0.2) is 4.98 Å². The fraction of sp³-hybridized carbons (Fsp3) is 0.158. The van der Waals surface area contributed by atoms with Crippen LogP contribution < -0.4 is 9.47 Å². The molecular formula is C19H16ClNO3. The number of ether oxygens (including phenoxy) is 2. The first kappa shape index (κ1) is 16.3. The number of benzene rings is 2. The predicted molar refractivity (Wildman–Crippen MR) is 94.1 cm³/mol. The molecule has 0 atom stereocenters. The average molecular weight is 342 g/mol. The Morgan fingerprint density at radius 2 is 1.92 bits per heavy atom. The Bertz CT molecular complexity index is 908. The smallest absolute Gasteiger partial charge is 0.161 e. The fourth-order valence-corrected chi connectivity index (χ4v) is 2.60. The standard InChI is InChI=1S/C19H16ClNO3/c1-12(22)13-7-8-17(18(10-13)23-2)24-11-15-9-14-5-3-4-6-16(14)21-19(15)20/h3-10H,11H2,1-2H3. The van der Waals surface area contributed by atoms with Gasteiger partial charge in [0.15, 0.2) is 17.3 Å². The molecule has 0 aliphatic heterocycles. The number of nitrogens with zero attached hydrogens (tertiary/aromatic N) is 1. The van der Waals surface area contributed by atoms with E-state index < -0.39 is 0 Å². The van der Waals surface area contributed by atoms with Gasteiger partial charge in [-0.1, -0.05) is 29.8 Å². The maximum Gasteiger partial charge on any atom is 0.161 e. The van der Waals surface area contributed by atoms with E-state index in [1.54, 1.807) is 18.2 Å². The molecule has 24 heavy (non-hydrogen) atoms. The van der Waals surface area contributed by atoms with E-state index in [9.17, 15) is 4.79 Å². The van der Waals surface area contributed by atoms with Crippen molar-refractivity contribution < 1.29 is 14.3 Å². The first-order chi connectivity index (χ1) is 11.6. The van der Waals surface area contributed by atoms with E-state index in [4.69, 9.17) is 21.1 Å². The van der Waals surface area contributed by atoms with Gasteiger partial charge < -0.3 is 9.47 Å². The van der Waals surface area contributed by atoms with Crippen molar-refractivity contribution in [3.8, 4) is 11.5 Å². The summed E-state index contributed by atoms with van der Waals surface area (Å²) in [6, 6.07) is 14.8. The quantitative estimate of drug-likeness (QED) is 0.499. The van der Waals surface area contributed by atoms with Gasteiger partial charge in [-0.2, -0.15) is 0 Å². The van der Waals surface area contributed by atoms with Crippen LogP contribution in [0.2, 0.25) is 5.15 Å². The Morgan fingerprint density at radius 3 is 2.67 bits per heavy atom. The molecule has 122 valence electrons. The largest absolute Gasteiger partial charge is 0.493 e. The summed E-state index contributed by atoms with van der Waals surface area (Å²) in [4.78, 5) is 15.8. The van der Waals surface area contributed by atoms with Gasteiger partial charge >= 0.3 is 0 Å². The monoisotopic (exact) mass is 341 g/mol. The second-order valence-electron chi connectivity index (χ2n) is 5.34. The molecule has 0 bridgehead atoms. The van der Waals surface area contributed by atoms with Crippen molar-refractivity contribution in [2.75, 3.05) is 7.11 Å². The molecule has 0 saturated heterocycles. The van der Waals surface area contributed by atoms with Crippen LogP contribution in [0, 0.1) is 0 Å². The van der Waals surface area contributed by atoms with Crippen molar-refractivity contribution in [1.82, 2.24) is 4.98 Å². The summed E-state index contributed by atoms with van der Waals surface area (Å²) in [5.74, 6) is 1.03. The van der Waals surface area contributed by atoms with Crippen LogP contribution >= 0.6 is 11.6 Å². The summed E-state index contributed by atoms with van der Waals surface area (Å²) < 4.78 is 11.1. The van der Waals surface area contributed by atoms with E-state index in [0.29, 0.717) is 22.2 Å². The van der Waals surface area contributed by atoms with Gasteiger partial charge in [0.05, 0.1) is 12.6 Å². The zero-order valence-electron chi connectivity index (χ0n) is 13.4. The van der Waals surface area contributed by atoms with Gasteiger partial charge in [-0.05, 0) is 37.3 Å². The number of para-hydroxylation sites is 1. The van der Waals surface area contributed by atoms with Gasteiger partial charge in [-0.15, -0.1) is 0 Å². The first-order valence-corrected chi connectivity index (χ1v) is 7.82. The van der Waals surface area contributed by atoms with E-state index in [1.165, 1.54) is 14.0 Å². The van der Waals surface area contributed by atoms with Crippen molar-refractivity contribution >= 4 is 28.3 Å². The molecule has 0 fully saturated rings. The Hall–Kier alpha value is -2.59. The fourth-order valence-electron chi connectivity index (χ4n) is 2.40. The highest BCUT2D eigenvalue weighted by molar-refractivity contribution is 6.30. The molecule has 0 aliphatic rings. The van der Waals surface area contributed by atoms with Crippen LogP contribution in [0.25, 0.3) is 10.9 Å². The molecule has 0 aliphatic carbocycles. The molecule has 0 radical (unpaired) electrons. The topological polar surface area (TPSA) is 48.4 Å². The minimum absolute atomic E-state index is 0.0263. The van der Waals surface area contributed by atoms with Crippen LogP contribution in [0.4, 0.5) is 0 Å². The molecule has 2 aromatic carbocycles. The number of fused-ring (bicyclic) bond motifs is 1. The normalized spacial score (nSPS) is 10.6. The molecule has 0 saturated carbocycles. The van der Waals surface area contributed by atoms with Gasteiger partial charge in [0.2, 0.25) is 0 Å². The van der Waals surface area contributed by atoms with Crippen LogP contribution in [0.5, 0.6) is 11.5 Å². The summed E-state index contributed by atoms with van der Waals surface area (Å²) >= 11 is 6.24. The third-order valence-electron chi connectivity index (χ3n) is 3.70. The zero-order valence-corrected chi connectivity index (χ0v) is 14.1. The molecule has 0 amide bonds. The van der Waals surface area contributed by atoms with E-state index >= 15 is 0 Å². The number of rotatable bonds is 5. The van der Waals surface area contributed by atoms with Crippen molar-refractivity contribution in [2.24, 2.45) is 0 Å². The van der Waals surface area contributed by atoms with Crippen molar-refractivity contribution in [3.05, 3.63) is 64.8 Å². The summed E-state index contributed by atoms with van der Waals surface area (Å²) in [5, 5.41) is 1.41. The summed E-state index contributed by atoms with van der Waals surface area (Å²) in [6.07, 6.45) is 0. The van der Waals surface area contributed by atoms with Gasteiger partial charge in [0.1, 0.15) is 11.8 Å². The number of carbonyl (C=O) groups excluding carboxylic acids is 1. The highest BCUT2D eigenvalue weighted by atomic mass is 35.5. The maximum absolute atomic E-state index is 11.5. The molecule has 0 spiro atoms. The predicted octanol–water partition coefficient (Wildman–Crippen LogP) is 4.68. The summed E-state index contributed by atoms with van der Waals surface area (Å²) in [5.41, 5.74) is 2.20. The summed E-state index contributed by atoms with van der Waals surface area (Å²) in [7, 11) is 1.54. The Balaban J connectivity index is 1.85. The lowest BCUT2D eigenvalue weighted by molar-refractivity contribution is 0.101. The van der Waals surface area contributed by atoms with Crippen LogP contribution in [-0.4, -0.2) is 17.9 Å². The Kier molecular flexibility index (Phi) is 4.67. The SMILES string of the molecule is COc1cc(C(C)=O)ccc1OCc1cc2ccccc2nc1Cl. The van der Waals surface area contributed by atoms with Crippen molar-refractivity contribution in [1.29, 1.82) is 0 Å². The first-order valence-electron chi connectivity index (χ1n) is 7.44. The second-order valence-corrected chi connectivity index (χ2v) is 5.70. The number of Topliss-reactive ketones (excluding diaryl/α,β-unsaturated/α-hetero) is 1. The number of aromatic nitrogens is 1. The van der Waals surface area contributed by atoms with Gasteiger partial charge in [-0.3, -0.25) is 4.79 Å². The Labute approximate surface area is 145 Å². The molecule has 0 unspecified atom stereocenters. The number of ketones is 1. The number of hydrogen-bond acceptors (Lipinski definition) is 4. The molecule has 0 N–H and O–H groups in total. The van der Waals surface area contributed by atoms with Crippen molar-refractivity contribution in [2.45, 2.75) is 13.5 Å². The van der Waals surface area contributed by atoms with Crippen LogP contribution in [0.1, 0.15) is 22.8 Å². The van der Waals surface area contributed by atoms with E-state index in [1.807, 2.05) is 30.3 Å². The number of hydrogen-bond donors (Lipinski definition) is 0. The molecule has 5 heteroatoms. The van der Waals surface area contributed by atoms with Gasteiger partial charge in [0, 0.05) is 16.5 Å². The van der Waals surface area contributed by atoms with E-state index in [0.717, 1.165) is 16.5 Å². The number of pyridine rings is 1. The number of carbonyl (C=O) groups is 1. The van der Waals surface area contributed by atoms with Crippen molar-refractivity contribution in [3.63, 3.8) is 0 Å². The lowest BCUT2D eigenvalue weighted by Crippen LogP contribution is -2.01. The van der Waals surface area contributed by atoms with E-state index in [-0.39, 0.29) is 12.4 Å². The number of methoxy groups -OCH3 is 1. The van der Waals surface area contributed by atoms with Crippen LogP contribution in [-0.2, 0) is 6.61 Å². The number of halogens is 1. The van der Waals surface area contributed by atoms with E-state index in [2.05, 4.69) is 4.98 Å². The third-order valence-corrected chi connectivity index (χ3v) is 4.03. The lowest BCUT2D eigenvalue weighted by Gasteiger charge is -2.12. The molecule has 3 aromatic rings. The molecule has 1 aromatic heterocycles. The lowest BCUT2D eigenvalue weighted by atomic mass is 10.1. The highest BCUT2D eigenvalue weighted by Gasteiger charge is 2.11. The van der Waals surface area contributed by atoms with Crippen LogP contribution in [0.15, 0.2) is 48.5 Å². The molecular weight excluding hydrogens is 326 g/mol. The Morgan fingerprint density at radius 1 is 1.12 bits per heavy atom. The highest BCUT2D eigenvalue weighted by Crippen LogP contribution is 2.30. The van der Waals surface area contributed by atoms with Crippen LogP contribution in [0.3, 0.4) is 0 Å². The average Bonchev–Trinajstić information content (AvgIpc) is 2.59. The molecule has 1 heterocycles. The zero-order chi connectivity index (χ0) is 17.1. The van der Waals surface area contributed by atoms with Gasteiger partial charge in [0.25, 0.3) is 0 Å². The molecule has 3 rings (SSSR count). The second kappa shape index (κ2) is 6.89. The third kappa shape index (κ3) is 3.34. The summed E-state index contributed by atoms with van der Waals surface area (Å²) in [6.45, 7) is 1.77. The minimum atomic E-state index is -0.0263. The maximum atomic E-state index is 11.5.